The summed E-state index contributed by atoms with van der Waals surface area (Å²) < 4.78 is 0. The first-order chi connectivity index (χ1) is 6.02. The Morgan fingerprint density at radius 3 is 2.31 bits per heavy atom. The molecule has 1 rings (SSSR count). The lowest BCUT2D eigenvalue weighted by molar-refractivity contribution is 0.0810. The van der Waals surface area contributed by atoms with Gasteiger partial charge in [-0.2, -0.15) is 0 Å². The van der Waals surface area contributed by atoms with E-state index in [1.807, 2.05) is 6.07 Å². The van der Waals surface area contributed by atoms with Gasteiger partial charge in [-0.3, -0.25) is 5.17 Å². The third kappa shape index (κ3) is 2.74. The number of quaternary nitrogens is 1. The van der Waals surface area contributed by atoms with Crippen LogP contribution in [0.5, 0.6) is 0 Å². The molecule has 0 aliphatic heterocycles. The zero-order valence-electron chi connectivity index (χ0n) is 7.34. The van der Waals surface area contributed by atoms with Gasteiger partial charge >= 0.3 is 0 Å². The first-order valence-corrected chi connectivity index (χ1v) is 3.73. The molecule has 0 heterocycles. The Bertz CT molecular complexity index is 261. The van der Waals surface area contributed by atoms with Crippen molar-refractivity contribution in [3.05, 3.63) is 35.5 Å². The summed E-state index contributed by atoms with van der Waals surface area (Å²) in [5.41, 5.74) is 2.89. The van der Waals surface area contributed by atoms with Crippen LogP contribution in [0, 0.1) is 5.21 Å². The first kappa shape index (κ1) is 10.1. The van der Waals surface area contributed by atoms with Gasteiger partial charge in [0, 0.05) is 12.1 Å². The largest absolute Gasteiger partial charge is 0.768 e. The topological polar surface area (TPSA) is 90.4 Å². The number of rotatable bonds is 3. The van der Waals surface area contributed by atoms with Crippen molar-refractivity contribution in [2.75, 3.05) is 7.05 Å². The molecule has 0 radical (unpaired) electrons. The van der Waals surface area contributed by atoms with E-state index in [1.54, 1.807) is 24.3 Å². The van der Waals surface area contributed by atoms with Crippen LogP contribution in [-0.2, 0) is 0 Å². The Balaban J connectivity index is 2.81. The van der Waals surface area contributed by atoms with Crippen LogP contribution in [0.3, 0.4) is 0 Å². The van der Waals surface area contributed by atoms with Gasteiger partial charge in [0.25, 0.3) is 0 Å². The fourth-order valence-corrected chi connectivity index (χ4v) is 0.965. The molecule has 0 amide bonds. The van der Waals surface area contributed by atoms with Crippen molar-refractivity contribution >= 4 is 5.69 Å². The van der Waals surface area contributed by atoms with Crippen LogP contribution in [0.1, 0.15) is 0 Å². The van der Waals surface area contributed by atoms with Gasteiger partial charge in [-0.15, -0.1) is 11.7 Å². The Kier molecular flexibility index (Phi) is 2.94. The van der Waals surface area contributed by atoms with E-state index in [-0.39, 0.29) is 0 Å². The van der Waals surface area contributed by atoms with Crippen LogP contribution >= 0.6 is 0 Å². The van der Waals surface area contributed by atoms with Gasteiger partial charge < -0.3 is 5.21 Å². The third-order valence-corrected chi connectivity index (χ3v) is 1.49. The fraction of sp³-hybridized carbons (Fsp3) is 0.143. The van der Waals surface area contributed by atoms with E-state index in [0.717, 1.165) is 0 Å². The molecular weight excluding hydrogens is 170 g/mol. The highest BCUT2D eigenvalue weighted by Gasteiger charge is 2.20. The Hall–Kier alpha value is -1.02. The van der Waals surface area contributed by atoms with E-state index in [9.17, 15) is 5.21 Å². The van der Waals surface area contributed by atoms with Crippen LogP contribution in [0.25, 0.3) is 0 Å². The highest BCUT2D eigenvalue weighted by Crippen LogP contribution is 2.10. The number of hydrazine groups is 1. The second-order valence-electron chi connectivity index (χ2n) is 2.71. The van der Waals surface area contributed by atoms with Crippen molar-refractivity contribution in [2.24, 2.45) is 11.7 Å². The number of nitrogens with one attached hydrogen (secondary N) is 1. The Labute approximate surface area is 76.4 Å². The van der Waals surface area contributed by atoms with Gasteiger partial charge in [0.1, 0.15) is 0 Å². The van der Waals surface area contributed by atoms with Crippen molar-refractivity contribution < 1.29 is 0 Å². The maximum atomic E-state index is 10.7. The molecular formula is C7H13N5O. The number of hydroxylamine groups is 1. The minimum atomic E-state index is -0.666. The summed E-state index contributed by atoms with van der Waals surface area (Å²) in [6.45, 7) is 0. The van der Waals surface area contributed by atoms with Crippen molar-refractivity contribution in [1.82, 2.24) is 15.5 Å². The van der Waals surface area contributed by atoms with Crippen LogP contribution in [0.2, 0.25) is 0 Å². The maximum absolute atomic E-state index is 10.7. The van der Waals surface area contributed by atoms with E-state index in [0.29, 0.717) is 10.9 Å². The average Bonchev–Trinajstić information content (AvgIpc) is 2.04. The molecule has 1 aromatic rings. The predicted octanol–water partition coefficient (Wildman–Crippen LogP) is -0.409. The summed E-state index contributed by atoms with van der Waals surface area (Å²) in [7, 11) is 1.27. The molecule has 0 aliphatic rings. The van der Waals surface area contributed by atoms with Crippen LogP contribution < -0.4 is 22.0 Å². The molecule has 1 aromatic carbocycles. The van der Waals surface area contributed by atoms with Gasteiger partial charge in [0.15, 0.2) is 5.69 Å². The molecule has 13 heavy (non-hydrogen) atoms. The fourth-order valence-electron chi connectivity index (χ4n) is 0.965. The Morgan fingerprint density at radius 1 is 1.31 bits per heavy atom. The van der Waals surface area contributed by atoms with Crippen LogP contribution in [-0.4, -0.2) is 12.2 Å². The van der Waals surface area contributed by atoms with E-state index < -0.39 is 4.81 Å². The number of benzene rings is 1. The van der Waals surface area contributed by atoms with Crippen molar-refractivity contribution in [2.45, 2.75) is 0 Å². The zero-order chi connectivity index (χ0) is 9.90. The minimum absolute atomic E-state index is 0.451. The van der Waals surface area contributed by atoms with E-state index >= 15 is 0 Å². The third-order valence-electron chi connectivity index (χ3n) is 1.49. The number of hydrogen-bond acceptors (Lipinski definition) is 5. The van der Waals surface area contributed by atoms with Crippen molar-refractivity contribution in [3.63, 3.8) is 0 Å². The molecule has 0 aliphatic carbocycles. The van der Waals surface area contributed by atoms with Crippen molar-refractivity contribution in [1.29, 1.82) is 0 Å². The van der Waals surface area contributed by atoms with E-state index in [1.165, 1.54) is 7.05 Å². The summed E-state index contributed by atoms with van der Waals surface area (Å²) in [5, 5.41) is 11.1. The molecule has 0 bridgehead atoms. The molecule has 0 saturated heterocycles. The summed E-state index contributed by atoms with van der Waals surface area (Å²) >= 11 is 0. The second kappa shape index (κ2) is 3.79. The number of para-hydroxylation sites is 1. The highest BCUT2D eigenvalue weighted by molar-refractivity contribution is 5.38. The summed E-state index contributed by atoms with van der Waals surface area (Å²) in [6, 6.07) is 8.85. The molecule has 0 spiro atoms. The summed E-state index contributed by atoms with van der Waals surface area (Å²) in [5.74, 6) is 11.2. The smallest absolute Gasteiger partial charge is 0.192 e. The molecule has 6 heteroatoms. The summed E-state index contributed by atoms with van der Waals surface area (Å²) in [6.07, 6.45) is 0. The lowest BCUT2D eigenvalue weighted by atomic mass is 10.3. The molecule has 0 unspecified atom stereocenters. The van der Waals surface area contributed by atoms with E-state index in [4.69, 9.17) is 11.7 Å². The lowest BCUT2D eigenvalue weighted by Crippen LogP contribution is -2.73. The zero-order valence-corrected chi connectivity index (χ0v) is 7.34. The molecule has 0 fully saturated rings. The number of hydrogen-bond donors (Lipinski definition) is 3. The first-order valence-electron chi connectivity index (χ1n) is 3.73. The quantitative estimate of drug-likeness (QED) is 0.337. The van der Waals surface area contributed by atoms with Gasteiger partial charge in [0.2, 0.25) is 0 Å². The SMILES string of the molecule is CN([O-])N[N+](N)(N)c1ccccc1. The highest BCUT2D eigenvalue weighted by atomic mass is 16.6. The lowest BCUT2D eigenvalue weighted by Gasteiger charge is -2.32. The van der Waals surface area contributed by atoms with Crippen molar-refractivity contribution in [3.8, 4) is 0 Å². The Morgan fingerprint density at radius 2 is 1.85 bits per heavy atom. The van der Waals surface area contributed by atoms with Crippen LogP contribution in [0.4, 0.5) is 5.69 Å². The molecule has 5 N–H and O–H groups in total. The van der Waals surface area contributed by atoms with Gasteiger partial charge in [-0.05, 0) is 7.05 Å². The average molecular weight is 183 g/mol. The molecule has 72 valence electrons. The number of nitrogens with zero attached hydrogens (tertiary/aromatic N) is 2. The minimum Gasteiger partial charge on any atom is -0.768 e. The standard InChI is InChI=1S/C7H13N5O/c1-11(13)10-12(8,9)7-5-3-2-4-6-7/h2-6,10H,8-9H2,1H3. The molecule has 0 aromatic heterocycles. The van der Waals surface area contributed by atoms with Gasteiger partial charge in [-0.25, -0.2) is 0 Å². The normalized spacial score (nSPS) is 12.1. The second-order valence-corrected chi connectivity index (χ2v) is 2.71. The monoisotopic (exact) mass is 183 g/mol. The number of nitrogens with two attached hydrogens (primary N) is 2. The molecule has 0 saturated carbocycles. The maximum Gasteiger partial charge on any atom is 0.192 e. The van der Waals surface area contributed by atoms with Gasteiger partial charge in [0.05, 0.1) is 0 Å². The predicted molar refractivity (Wildman–Crippen MR) is 50.9 cm³/mol. The van der Waals surface area contributed by atoms with Gasteiger partial charge in [-0.1, -0.05) is 28.5 Å². The van der Waals surface area contributed by atoms with Crippen LogP contribution in [0.15, 0.2) is 30.3 Å². The van der Waals surface area contributed by atoms with E-state index in [2.05, 4.69) is 5.53 Å². The molecule has 6 nitrogen and oxygen atoms in total. The summed E-state index contributed by atoms with van der Waals surface area (Å²) in [4.78, 5) is -0.666. The molecule has 0 atom stereocenters.